The summed E-state index contributed by atoms with van der Waals surface area (Å²) in [5, 5.41) is 5.23. The summed E-state index contributed by atoms with van der Waals surface area (Å²) in [6, 6.07) is 14.4. The van der Waals surface area contributed by atoms with Gasteiger partial charge >= 0.3 is 0 Å². The Balaban J connectivity index is 1.49. The molecule has 0 unspecified atom stereocenters. The van der Waals surface area contributed by atoms with Crippen molar-refractivity contribution >= 4 is 34.1 Å². The molecule has 0 atom stereocenters. The van der Waals surface area contributed by atoms with Crippen molar-refractivity contribution in [3.05, 3.63) is 65.3 Å². The molecule has 6 heteroatoms. The lowest BCUT2D eigenvalue weighted by molar-refractivity contribution is -0.115. The number of hydrogen-bond acceptors (Lipinski definition) is 4. The zero-order chi connectivity index (χ0) is 17.6. The van der Waals surface area contributed by atoms with Gasteiger partial charge in [-0.05, 0) is 43.3 Å². The molecule has 0 aliphatic heterocycles. The number of aromatic nitrogens is 1. The van der Waals surface area contributed by atoms with Gasteiger partial charge < -0.3 is 5.32 Å². The van der Waals surface area contributed by atoms with Gasteiger partial charge in [-0.1, -0.05) is 17.7 Å². The smallest absolute Gasteiger partial charge is 0.226 e. The molecule has 0 saturated carbocycles. The van der Waals surface area contributed by atoms with Crippen LogP contribution >= 0.6 is 23.1 Å². The Morgan fingerprint density at radius 1 is 1.16 bits per heavy atom. The molecule has 1 heterocycles. The van der Waals surface area contributed by atoms with Crippen LogP contribution in [0.5, 0.6) is 0 Å². The maximum atomic E-state index is 13.0. The third kappa shape index (κ3) is 5.14. The average Bonchev–Trinajstić information content (AvgIpc) is 3.06. The number of aryl methyl sites for hydroxylation is 1. The predicted octanol–water partition coefficient (Wildman–Crippen LogP) is 5.38. The molecule has 0 spiro atoms. The van der Waals surface area contributed by atoms with Crippen molar-refractivity contribution in [2.45, 2.75) is 18.2 Å². The molecular formula is C19H17FN2OS2. The first-order valence-corrected chi connectivity index (χ1v) is 9.67. The van der Waals surface area contributed by atoms with Crippen LogP contribution in [-0.4, -0.2) is 16.6 Å². The number of benzene rings is 2. The van der Waals surface area contributed by atoms with Crippen LogP contribution in [0.3, 0.4) is 0 Å². The Bertz CT molecular complexity index is 845. The van der Waals surface area contributed by atoms with E-state index in [-0.39, 0.29) is 11.7 Å². The van der Waals surface area contributed by atoms with Gasteiger partial charge in [0.05, 0.1) is 5.69 Å². The van der Waals surface area contributed by atoms with Gasteiger partial charge in [-0.3, -0.25) is 4.79 Å². The molecular weight excluding hydrogens is 355 g/mol. The van der Waals surface area contributed by atoms with E-state index in [9.17, 15) is 9.18 Å². The van der Waals surface area contributed by atoms with E-state index in [1.807, 2.05) is 5.38 Å². The predicted molar refractivity (Wildman–Crippen MR) is 103 cm³/mol. The van der Waals surface area contributed by atoms with Gasteiger partial charge in [0.1, 0.15) is 5.82 Å². The Labute approximate surface area is 154 Å². The van der Waals surface area contributed by atoms with Crippen molar-refractivity contribution in [1.29, 1.82) is 0 Å². The fourth-order valence-electron chi connectivity index (χ4n) is 2.16. The number of nitrogens with zero attached hydrogens (tertiary/aromatic N) is 1. The van der Waals surface area contributed by atoms with E-state index in [2.05, 4.69) is 41.5 Å². The van der Waals surface area contributed by atoms with Crippen LogP contribution < -0.4 is 5.32 Å². The fraction of sp³-hybridized carbons (Fsp3) is 0.158. The molecule has 1 amide bonds. The number of thioether (sulfide) groups is 1. The van der Waals surface area contributed by atoms with E-state index >= 15 is 0 Å². The van der Waals surface area contributed by atoms with Crippen molar-refractivity contribution in [3.63, 3.8) is 0 Å². The zero-order valence-corrected chi connectivity index (χ0v) is 15.3. The molecule has 1 aromatic heterocycles. The molecule has 25 heavy (non-hydrogen) atoms. The third-order valence-electron chi connectivity index (χ3n) is 3.51. The number of carbonyl (C=O) groups is 1. The standard InChI is InChI=1S/C19H17FN2OS2/c1-13-2-8-16(9-3-13)24-11-10-18(23)22-19-21-17(12-25-19)14-4-6-15(20)7-5-14/h2-9,12H,10-11H2,1H3,(H,21,22,23). The summed E-state index contributed by atoms with van der Waals surface area (Å²) in [6.45, 7) is 2.05. The fourth-order valence-corrected chi connectivity index (χ4v) is 3.75. The van der Waals surface area contributed by atoms with E-state index in [1.165, 1.54) is 29.0 Å². The average molecular weight is 372 g/mol. The van der Waals surface area contributed by atoms with E-state index in [1.54, 1.807) is 23.9 Å². The zero-order valence-electron chi connectivity index (χ0n) is 13.7. The van der Waals surface area contributed by atoms with Gasteiger partial charge in [0.25, 0.3) is 0 Å². The van der Waals surface area contributed by atoms with Crippen molar-refractivity contribution in [2.75, 3.05) is 11.1 Å². The van der Waals surface area contributed by atoms with Gasteiger partial charge in [-0.25, -0.2) is 9.37 Å². The van der Waals surface area contributed by atoms with Gasteiger partial charge in [-0.2, -0.15) is 0 Å². The molecule has 1 N–H and O–H groups in total. The topological polar surface area (TPSA) is 42.0 Å². The van der Waals surface area contributed by atoms with Crippen LogP contribution in [0.1, 0.15) is 12.0 Å². The quantitative estimate of drug-likeness (QED) is 0.591. The highest BCUT2D eigenvalue weighted by molar-refractivity contribution is 7.99. The van der Waals surface area contributed by atoms with Crippen LogP contribution in [0.2, 0.25) is 0 Å². The van der Waals surface area contributed by atoms with Gasteiger partial charge in [0, 0.05) is 28.0 Å². The summed E-state index contributed by atoms with van der Waals surface area (Å²) < 4.78 is 13.0. The molecule has 3 rings (SSSR count). The number of carbonyl (C=O) groups excluding carboxylic acids is 1. The first-order valence-electron chi connectivity index (χ1n) is 7.81. The highest BCUT2D eigenvalue weighted by Gasteiger charge is 2.08. The number of hydrogen-bond donors (Lipinski definition) is 1. The Kier molecular flexibility index (Phi) is 5.83. The van der Waals surface area contributed by atoms with E-state index in [4.69, 9.17) is 0 Å². The van der Waals surface area contributed by atoms with Gasteiger partial charge in [-0.15, -0.1) is 23.1 Å². The molecule has 0 fully saturated rings. The summed E-state index contributed by atoms with van der Waals surface area (Å²) in [6.07, 6.45) is 0.421. The first-order chi connectivity index (χ1) is 12.1. The molecule has 0 aliphatic rings. The largest absolute Gasteiger partial charge is 0.302 e. The van der Waals surface area contributed by atoms with Crippen LogP contribution in [0.15, 0.2) is 58.8 Å². The van der Waals surface area contributed by atoms with E-state index < -0.39 is 0 Å². The summed E-state index contributed by atoms with van der Waals surface area (Å²) in [7, 11) is 0. The normalized spacial score (nSPS) is 10.6. The van der Waals surface area contributed by atoms with Crippen LogP contribution in [0.25, 0.3) is 11.3 Å². The number of thiazole rings is 1. The SMILES string of the molecule is Cc1ccc(SCCC(=O)Nc2nc(-c3ccc(F)cc3)cs2)cc1. The second-order valence-electron chi connectivity index (χ2n) is 5.50. The second kappa shape index (κ2) is 8.27. The van der Waals surface area contributed by atoms with Crippen LogP contribution in [-0.2, 0) is 4.79 Å². The van der Waals surface area contributed by atoms with Gasteiger partial charge in [0.2, 0.25) is 5.91 Å². The number of halogens is 1. The molecule has 3 aromatic rings. The molecule has 0 saturated heterocycles. The Hall–Kier alpha value is -2.18. The van der Waals surface area contributed by atoms with Crippen molar-refractivity contribution in [2.24, 2.45) is 0 Å². The number of rotatable bonds is 6. The molecule has 0 aliphatic carbocycles. The molecule has 3 nitrogen and oxygen atoms in total. The Morgan fingerprint density at radius 3 is 2.60 bits per heavy atom. The summed E-state index contributed by atoms with van der Waals surface area (Å²) in [4.78, 5) is 17.6. The summed E-state index contributed by atoms with van der Waals surface area (Å²) in [5.41, 5.74) is 2.78. The van der Waals surface area contributed by atoms with E-state index in [0.29, 0.717) is 17.3 Å². The maximum absolute atomic E-state index is 13.0. The number of nitrogens with one attached hydrogen (secondary N) is 1. The molecule has 0 bridgehead atoms. The lowest BCUT2D eigenvalue weighted by Crippen LogP contribution is -2.11. The molecule has 2 aromatic carbocycles. The van der Waals surface area contributed by atoms with Gasteiger partial charge in [0.15, 0.2) is 5.13 Å². The first kappa shape index (κ1) is 17.6. The van der Waals surface area contributed by atoms with Crippen LogP contribution in [0, 0.1) is 12.7 Å². The minimum atomic E-state index is -0.279. The highest BCUT2D eigenvalue weighted by Crippen LogP contribution is 2.25. The highest BCUT2D eigenvalue weighted by atomic mass is 32.2. The van der Waals surface area contributed by atoms with Crippen molar-refractivity contribution in [1.82, 2.24) is 4.98 Å². The Morgan fingerprint density at radius 2 is 1.88 bits per heavy atom. The lowest BCUT2D eigenvalue weighted by Gasteiger charge is -2.03. The van der Waals surface area contributed by atoms with E-state index in [0.717, 1.165) is 16.2 Å². The summed E-state index contributed by atoms with van der Waals surface area (Å²) in [5.74, 6) is 0.378. The summed E-state index contributed by atoms with van der Waals surface area (Å²) >= 11 is 3.02. The minimum Gasteiger partial charge on any atom is -0.302 e. The molecule has 0 radical (unpaired) electrons. The lowest BCUT2D eigenvalue weighted by atomic mass is 10.2. The van der Waals surface area contributed by atoms with Crippen molar-refractivity contribution < 1.29 is 9.18 Å². The second-order valence-corrected chi connectivity index (χ2v) is 7.53. The van der Waals surface area contributed by atoms with Crippen molar-refractivity contribution in [3.8, 4) is 11.3 Å². The minimum absolute atomic E-state index is 0.0559. The monoisotopic (exact) mass is 372 g/mol. The number of amides is 1. The maximum Gasteiger partial charge on any atom is 0.226 e. The third-order valence-corrected chi connectivity index (χ3v) is 5.28. The molecule has 128 valence electrons. The van der Waals surface area contributed by atoms with Crippen LogP contribution in [0.4, 0.5) is 9.52 Å². The number of anilines is 1.